The van der Waals surface area contributed by atoms with E-state index in [9.17, 15) is 40.6 Å². The van der Waals surface area contributed by atoms with E-state index in [1.54, 1.807) is 0 Å². The van der Waals surface area contributed by atoms with Gasteiger partial charge in [-0.1, -0.05) is 12.1 Å². The van der Waals surface area contributed by atoms with Gasteiger partial charge in [-0.15, -0.1) is 0 Å². The molecule has 3 heterocycles. The van der Waals surface area contributed by atoms with Crippen molar-refractivity contribution in [2.45, 2.75) is 24.2 Å². The van der Waals surface area contributed by atoms with Crippen molar-refractivity contribution in [1.82, 2.24) is 19.5 Å². The Morgan fingerprint density at radius 3 is 2.27 bits per heavy atom. The van der Waals surface area contributed by atoms with E-state index in [0.29, 0.717) is 28.6 Å². The Hall–Kier alpha value is -3.62. The van der Waals surface area contributed by atoms with Crippen LogP contribution in [-0.2, 0) is 17.8 Å². The summed E-state index contributed by atoms with van der Waals surface area (Å²) >= 11 is 0. The van der Waals surface area contributed by atoms with Crippen LogP contribution in [0.2, 0.25) is 0 Å². The van der Waals surface area contributed by atoms with E-state index in [1.165, 1.54) is 17.0 Å². The second kappa shape index (κ2) is 9.36. The van der Waals surface area contributed by atoms with Crippen molar-refractivity contribution in [1.29, 1.82) is 0 Å². The monoisotopic (exact) mass is 534 g/mol. The molecule has 4 N–H and O–H groups in total. The number of primary amides is 1. The summed E-state index contributed by atoms with van der Waals surface area (Å²) in [5, 5.41) is 16.6. The van der Waals surface area contributed by atoms with Gasteiger partial charge in [0.05, 0.1) is 6.61 Å². The number of rotatable bonds is 6. The van der Waals surface area contributed by atoms with Crippen LogP contribution in [0.1, 0.15) is 23.4 Å². The molecule has 0 aliphatic carbocycles. The Kier molecular flexibility index (Phi) is 6.69. The maximum absolute atomic E-state index is 13.6. The number of nitrogens with one attached hydrogen (secondary N) is 1. The molecule has 1 fully saturated rings. The topological polar surface area (TPSA) is 109 Å². The number of carbonyl (C=O) groups excluding carboxylic acids is 1. The number of nitrogens with two attached hydrogens (primary N) is 1. The van der Waals surface area contributed by atoms with Gasteiger partial charge < -0.3 is 21.1 Å². The SMILES string of the molecule is NC(=O)N1CC[C@@H]([C@](CO)(CNc2cc(C(F)(F)F)nc3cc(C(F)(F)F)nn23)c2ccc(F)cc2)C1. The van der Waals surface area contributed by atoms with Crippen molar-refractivity contribution in [3.8, 4) is 0 Å². The summed E-state index contributed by atoms with van der Waals surface area (Å²) in [5.41, 5.74) is 0.897. The van der Waals surface area contributed by atoms with E-state index in [0.717, 1.165) is 12.1 Å². The number of anilines is 1. The van der Waals surface area contributed by atoms with Crippen molar-refractivity contribution in [3.63, 3.8) is 0 Å². The lowest BCUT2D eigenvalue weighted by Crippen LogP contribution is -2.47. The Morgan fingerprint density at radius 2 is 1.73 bits per heavy atom. The molecular formula is C22H21F7N6O2. The van der Waals surface area contributed by atoms with E-state index in [-0.39, 0.29) is 19.6 Å². The Balaban J connectivity index is 1.79. The third-order valence-electron chi connectivity index (χ3n) is 6.58. The molecule has 0 saturated carbocycles. The van der Waals surface area contributed by atoms with Gasteiger partial charge in [-0.05, 0) is 30.0 Å². The van der Waals surface area contributed by atoms with Gasteiger partial charge in [0.25, 0.3) is 0 Å². The molecule has 1 aliphatic rings. The number of likely N-dealkylation sites (tertiary alicyclic amines) is 1. The first-order chi connectivity index (χ1) is 17.2. The highest BCUT2D eigenvalue weighted by molar-refractivity contribution is 5.72. The molecule has 2 aromatic heterocycles. The lowest BCUT2D eigenvalue weighted by molar-refractivity contribution is -0.142. The summed E-state index contributed by atoms with van der Waals surface area (Å²) in [6.45, 7) is -0.552. The average Bonchev–Trinajstić information content (AvgIpc) is 3.48. The highest BCUT2D eigenvalue weighted by Crippen LogP contribution is 2.39. The molecule has 0 spiro atoms. The fourth-order valence-corrected chi connectivity index (χ4v) is 4.58. The zero-order valence-electron chi connectivity index (χ0n) is 18.9. The molecule has 2 atom stereocenters. The number of aliphatic hydroxyl groups excluding tert-OH is 1. The Labute approximate surface area is 204 Å². The summed E-state index contributed by atoms with van der Waals surface area (Å²) < 4.78 is 94.4. The number of urea groups is 1. The molecule has 200 valence electrons. The molecule has 15 heteroatoms. The second-order valence-electron chi connectivity index (χ2n) is 8.77. The first kappa shape index (κ1) is 26.4. The third kappa shape index (κ3) is 5.12. The number of halogens is 7. The van der Waals surface area contributed by atoms with E-state index in [1.807, 2.05) is 0 Å². The number of aliphatic hydroxyl groups is 1. The van der Waals surface area contributed by atoms with Gasteiger partial charge in [0, 0.05) is 37.2 Å². The molecule has 1 aromatic carbocycles. The smallest absolute Gasteiger partial charge is 0.395 e. The molecule has 0 radical (unpaired) electrons. The lowest BCUT2D eigenvalue weighted by atomic mass is 9.70. The van der Waals surface area contributed by atoms with Crippen LogP contribution in [0.5, 0.6) is 0 Å². The van der Waals surface area contributed by atoms with Gasteiger partial charge >= 0.3 is 18.4 Å². The summed E-state index contributed by atoms with van der Waals surface area (Å²) in [4.78, 5) is 16.3. The van der Waals surface area contributed by atoms with Crippen molar-refractivity contribution in [2.75, 3.05) is 31.6 Å². The number of fused-ring (bicyclic) bond motifs is 1. The summed E-state index contributed by atoms with van der Waals surface area (Å²) in [6, 6.07) is 5.24. The molecule has 8 nitrogen and oxygen atoms in total. The van der Waals surface area contributed by atoms with Gasteiger partial charge in [-0.3, -0.25) is 0 Å². The van der Waals surface area contributed by atoms with E-state index < -0.39 is 65.0 Å². The van der Waals surface area contributed by atoms with Crippen molar-refractivity contribution in [2.24, 2.45) is 11.7 Å². The number of alkyl halides is 6. The lowest BCUT2D eigenvalue weighted by Gasteiger charge is -2.38. The number of nitrogens with zero attached hydrogens (tertiary/aromatic N) is 4. The van der Waals surface area contributed by atoms with Crippen LogP contribution in [-0.4, -0.2) is 56.9 Å². The molecule has 4 rings (SSSR count). The van der Waals surface area contributed by atoms with Crippen molar-refractivity contribution in [3.05, 3.63) is 59.2 Å². The normalized spacial score (nSPS) is 18.3. The predicted octanol–water partition coefficient (Wildman–Crippen LogP) is 3.65. The van der Waals surface area contributed by atoms with Crippen LogP contribution >= 0.6 is 0 Å². The second-order valence-corrected chi connectivity index (χ2v) is 8.77. The maximum Gasteiger partial charge on any atom is 0.435 e. The zero-order chi connectivity index (χ0) is 27.2. The van der Waals surface area contributed by atoms with Gasteiger partial charge in [0.1, 0.15) is 11.6 Å². The number of hydrogen-bond acceptors (Lipinski definition) is 5. The molecule has 1 aliphatic heterocycles. The van der Waals surface area contributed by atoms with Crippen LogP contribution in [0, 0.1) is 11.7 Å². The van der Waals surface area contributed by atoms with Gasteiger partial charge in [-0.2, -0.15) is 36.0 Å². The van der Waals surface area contributed by atoms with Crippen LogP contribution in [0.15, 0.2) is 36.4 Å². The minimum atomic E-state index is -4.97. The van der Waals surface area contributed by atoms with Crippen LogP contribution < -0.4 is 11.1 Å². The third-order valence-corrected chi connectivity index (χ3v) is 6.58. The molecular weight excluding hydrogens is 513 g/mol. The minimum absolute atomic E-state index is 0.0918. The summed E-state index contributed by atoms with van der Waals surface area (Å²) in [7, 11) is 0. The van der Waals surface area contributed by atoms with Crippen molar-refractivity contribution >= 4 is 17.5 Å². The Bertz CT molecular complexity index is 1290. The average molecular weight is 534 g/mol. The fraction of sp³-hybridized carbons (Fsp3) is 0.409. The highest BCUT2D eigenvalue weighted by Gasteiger charge is 2.45. The van der Waals surface area contributed by atoms with E-state index in [4.69, 9.17) is 5.73 Å². The summed E-state index contributed by atoms with van der Waals surface area (Å²) in [5.74, 6) is -1.51. The van der Waals surface area contributed by atoms with Gasteiger partial charge in [0.15, 0.2) is 17.0 Å². The van der Waals surface area contributed by atoms with Gasteiger partial charge in [-0.25, -0.2) is 14.2 Å². The minimum Gasteiger partial charge on any atom is -0.395 e. The number of amides is 2. The fourth-order valence-electron chi connectivity index (χ4n) is 4.58. The predicted molar refractivity (Wildman–Crippen MR) is 116 cm³/mol. The largest absolute Gasteiger partial charge is 0.435 e. The number of aromatic nitrogens is 3. The molecule has 37 heavy (non-hydrogen) atoms. The zero-order valence-corrected chi connectivity index (χ0v) is 18.9. The van der Waals surface area contributed by atoms with Crippen molar-refractivity contribution < 1.29 is 40.6 Å². The maximum atomic E-state index is 13.6. The van der Waals surface area contributed by atoms with E-state index >= 15 is 0 Å². The van der Waals surface area contributed by atoms with Gasteiger partial charge in [0.2, 0.25) is 0 Å². The number of hydrogen-bond donors (Lipinski definition) is 3. The van der Waals surface area contributed by atoms with Crippen LogP contribution in [0.25, 0.3) is 5.65 Å². The highest BCUT2D eigenvalue weighted by atomic mass is 19.4. The standard InChI is InChI=1S/C22H21F7N6O2/c23-14-3-1-12(2-4-14)20(11-36,13-5-6-34(9-13)19(30)37)10-31-17-7-15(21(24,25)26)32-18-8-16(22(27,28)29)33-35(17)18/h1-4,7-8,13,31,36H,5-6,9-11H2,(H2,30,37)/t13-,20+/m1/s1. The number of carbonyl (C=O) groups is 1. The molecule has 0 bridgehead atoms. The molecule has 0 unspecified atom stereocenters. The Morgan fingerprint density at radius 1 is 1.08 bits per heavy atom. The molecule has 2 amide bonds. The van der Waals surface area contributed by atoms with Crippen LogP contribution in [0.4, 0.5) is 41.3 Å². The first-order valence-corrected chi connectivity index (χ1v) is 10.9. The van der Waals surface area contributed by atoms with Crippen LogP contribution in [0.3, 0.4) is 0 Å². The quantitative estimate of drug-likeness (QED) is 0.419. The molecule has 3 aromatic rings. The first-order valence-electron chi connectivity index (χ1n) is 10.9. The van der Waals surface area contributed by atoms with E-state index in [2.05, 4.69) is 15.4 Å². The molecule has 1 saturated heterocycles. The summed E-state index contributed by atoms with van der Waals surface area (Å²) in [6.07, 6.45) is -9.56. The number of benzene rings is 1.